The molecule has 0 radical (unpaired) electrons. The predicted octanol–water partition coefficient (Wildman–Crippen LogP) is 2.42. The zero-order chi connectivity index (χ0) is 13.6. The van der Waals surface area contributed by atoms with Gasteiger partial charge in [-0.3, -0.25) is 4.79 Å². The molecule has 2 atom stereocenters. The predicted molar refractivity (Wildman–Crippen MR) is 75.4 cm³/mol. The van der Waals surface area contributed by atoms with Crippen molar-refractivity contribution in [2.75, 3.05) is 6.54 Å². The Hall–Kier alpha value is -1.35. The Balaban J connectivity index is 2.70. The van der Waals surface area contributed by atoms with Gasteiger partial charge in [0.2, 0.25) is 5.91 Å². The van der Waals surface area contributed by atoms with Crippen LogP contribution in [0.25, 0.3) is 0 Å². The highest BCUT2D eigenvalue weighted by Crippen LogP contribution is 2.19. The second kappa shape index (κ2) is 6.55. The third-order valence-electron chi connectivity index (χ3n) is 3.59. The van der Waals surface area contributed by atoms with E-state index in [1.807, 2.05) is 37.3 Å². The van der Waals surface area contributed by atoms with Crippen molar-refractivity contribution < 1.29 is 4.79 Å². The maximum atomic E-state index is 12.2. The van der Waals surface area contributed by atoms with Gasteiger partial charge in [0.1, 0.15) is 0 Å². The van der Waals surface area contributed by atoms with Crippen LogP contribution in [-0.4, -0.2) is 18.0 Å². The number of nitrogens with two attached hydrogens (primary N) is 1. The van der Waals surface area contributed by atoms with Crippen LogP contribution in [0.4, 0.5) is 0 Å². The van der Waals surface area contributed by atoms with Gasteiger partial charge in [0.25, 0.3) is 0 Å². The Morgan fingerprint density at radius 1 is 1.39 bits per heavy atom. The van der Waals surface area contributed by atoms with Crippen molar-refractivity contribution in [2.24, 2.45) is 5.73 Å². The largest absolute Gasteiger partial charge is 0.350 e. The van der Waals surface area contributed by atoms with Crippen molar-refractivity contribution >= 4 is 5.91 Å². The summed E-state index contributed by atoms with van der Waals surface area (Å²) >= 11 is 0. The molecule has 100 valence electrons. The molecule has 1 aromatic carbocycles. The summed E-state index contributed by atoms with van der Waals surface area (Å²) < 4.78 is 0. The molecule has 1 aromatic rings. The van der Waals surface area contributed by atoms with E-state index < -0.39 is 0 Å². The first-order valence-electron chi connectivity index (χ1n) is 6.59. The number of hydrogen-bond acceptors (Lipinski definition) is 2. The molecule has 3 nitrogen and oxygen atoms in total. The van der Waals surface area contributed by atoms with Crippen LogP contribution in [0.15, 0.2) is 30.3 Å². The number of benzene rings is 1. The molecule has 1 rings (SSSR count). The second-order valence-electron chi connectivity index (χ2n) is 5.07. The van der Waals surface area contributed by atoms with Gasteiger partial charge in [-0.2, -0.15) is 0 Å². The molecule has 1 amide bonds. The van der Waals surface area contributed by atoms with Gasteiger partial charge in [-0.25, -0.2) is 0 Å². The van der Waals surface area contributed by atoms with Gasteiger partial charge >= 0.3 is 0 Å². The Morgan fingerprint density at radius 3 is 2.50 bits per heavy atom. The topological polar surface area (TPSA) is 55.1 Å². The lowest BCUT2D eigenvalue weighted by atomic mass is 9.92. The average Bonchev–Trinajstić information content (AvgIpc) is 2.39. The van der Waals surface area contributed by atoms with Crippen molar-refractivity contribution in [1.29, 1.82) is 0 Å². The maximum absolute atomic E-state index is 12.2. The van der Waals surface area contributed by atoms with Crippen LogP contribution < -0.4 is 11.1 Å². The minimum absolute atomic E-state index is 0.0685. The van der Waals surface area contributed by atoms with Crippen molar-refractivity contribution in [3.05, 3.63) is 35.9 Å². The van der Waals surface area contributed by atoms with Crippen molar-refractivity contribution in [3.63, 3.8) is 0 Å². The maximum Gasteiger partial charge on any atom is 0.227 e. The molecule has 0 aliphatic rings. The summed E-state index contributed by atoms with van der Waals surface area (Å²) in [6, 6.07) is 9.83. The molecule has 0 saturated carbocycles. The third kappa shape index (κ3) is 3.84. The minimum atomic E-state index is -0.200. The highest BCUT2D eigenvalue weighted by molar-refractivity contribution is 5.83. The van der Waals surface area contributed by atoms with E-state index in [4.69, 9.17) is 5.73 Å². The Morgan fingerprint density at radius 2 is 2.00 bits per heavy atom. The molecular weight excluding hydrogens is 224 g/mol. The SMILES string of the molecule is CCC(C)(CCN)NC(=O)C(C)c1ccccc1. The number of carbonyl (C=O) groups is 1. The van der Waals surface area contributed by atoms with E-state index in [-0.39, 0.29) is 17.4 Å². The zero-order valence-corrected chi connectivity index (χ0v) is 11.6. The van der Waals surface area contributed by atoms with Crippen LogP contribution >= 0.6 is 0 Å². The van der Waals surface area contributed by atoms with Gasteiger partial charge < -0.3 is 11.1 Å². The van der Waals surface area contributed by atoms with E-state index in [0.29, 0.717) is 6.54 Å². The van der Waals surface area contributed by atoms with Crippen LogP contribution in [-0.2, 0) is 4.79 Å². The lowest BCUT2D eigenvalue weighted by molar-refractivity contribution is -0.124. The normalized spacial score (nSPS) is 15.8. The first kappa shape index (κ1) is 14.7. The van der Waals surface area contributed by atoms with Gasteiger partial charge in [0.05, 0.1) is 5.92 Å². The number of carbonyl (C=O) groups excluding carboxylic acids is 1. The highest BCUT2D eigenvalue weighted by atomic mass is 16.2. The van der Waals surface area contributed by atoms with Crippen LogP contribution in [0.2, 0.25) is 0 Å². The summed E-state index contributed by atoms with van der Waals surface area (Å²) in [5.74, 6) is -0.0613. The third-order valence-corrected chi connectivity index (χ3v) is 3.59. The molecule has 0 aromatic heterocycles. The summed E-state index contributed by atoms with van der Waals surface area (Å²) in [4.78, 5) is 12.2. The van der Waals surface area contributed by atoms with Crippen LogP contribution in [0.3, 0.4) is 0 Å². The molecule has 3 N–H and O–H groups in total. The van der Waals surface area contributed by atoms with E-state index in [0.717, 1.165) is 18.4 Å². The first-order chi connectivity index (χ1) is 8.52. The fourth-order valence-electron chi connectivity index (χ4n) is 1.95. The van der Waals surface area contributed by atoms with Crippen molar-refractivity contribution in [3.8, 4) is 0 Å². The fraction of sp³-hybridized carbons (Fsp3) is 0.533. The Bertz CT molecular complexity index is 377. The van der Waals surface area contributed by atoms with Gasteiger partial charge in [-0.05, 0) is 38.8 Å². The molecule has 0 bridgehead atoms. The number of nitrogens with one attached hydrogen (secondary N) is 1. The molecular formula is C15H24N2O. The van der Waals surface area contributed by atoms with E-state index in [1.165, 1.54) is 0 Å². The van der Waals surface area contributed by atoms with Crippen LogP contribution in [0, 0.1) is 0 Å². The molecule has 0 heterocycles. The second-order valence-corrected chi connectivity index (χ2v) is 5.07. The Labute approximate surface area is 110 Å². The summed E-state index contributed by atoms with van der Waals surface area (Å²) in [7, 11) is 0. The van der Waals surface area contributed by atoms with Crippen molar-refractivity contribution in [2.45, 2.75) is 45.1 Å². The minimum Gasteiger partial charge on any atom is -0.350 e. The molecule has 0 spiro atoms. The standard InChI is InChI=1S/C15H24N2O/c1-4-15(3,10-11-16)17-14(18)12(2)13-8-6-5-7-9-13/h5-9,12H,4,10-11,16H2,1-3H3,(H,17,18). The molecule has 3 heteroatoms. The van der Waals surface area contributed by atoms with Gasteiger partial charge in [0, 0.05) is 5.54 Å². The highest BCUT2D eigenvalue weighted by Gasteiger charge is 2.26. The summed E-state index contributed by atoms with van der Waals surface area (Å²) in [6.45, 7) is 6.64. The molecule has 2 unspecified atom stereocenters. The fourth-order valence-corrected chi connectivity index (χ4v) is 1.95. The van der Waals surface area contributed by atoms with Gasteiger partial charge in [-0.1, -0.05) is 37.3 Å². The molecule has 0 saturated heterocycles. The van der Waals surface area contributed by atoms with Crippen LogP contribution in [0.1, 0.15) is 45.1 Å². The van der Waals surface area contributed by atoms with E-state index in [1.54, 1.807) is 0 Å². The summed E-state index contributed by atoms with van der Waals surface area (Å²) in [5.41, 5.74) is 6.45. The molecule has 18 heavy (non-hydrogen) atoms. The first-order valence-corrected chi connectivity index (χ1v) is 6.59. The van der Waals surface area contributed by atoms with Gasteiger partial charge in [-0.15, -0.1) is 0 Å². The molecule has 0 aliphatic heterocycles. The van der Waals surface area contributed by atoms with E-state index in [2.05, 4.69) is 19.2 Å². The number of rotatable bonds is 6. The van der Waals surface area contributed by atoms with E-state index >= 15 is 0 Å². The van der Waals surface area contributed by atoms with Crippen LogP contribution in [0.5, 0.6) is 0 Å². The molecule has 0 fully saturated rings. The monoisotopic (exact) mass is 248 g/mol. The summed E-state index contributed by atoms with van der Waals surface area (Å²) in [6.07, 6.45) is 1.69. The summed E-state index contributed by atoms with van der Waals surface area (Å²) in [5, 5.41) is 3.12. The lowest BCUT2D eigenvalue weighted by Gasteiger charge is -2.30. The van der Waals surface area contributed by atoms with Crippen molar-refractivity contribution in [1.82, 2.24) is 5.32 Å². The number of hydrogen-bond donors (Lipinski definition) is 2. The zero-order valence-electron chi connectivity index (χ0n) is 11.6. The quantitative estimate of drug-likeness (QED) is 0.812. The lowest BCUT2D eigenvalue weighted by Crippen LogP contribution is -2.48. The average molecular weight is 248 g/mol. The number of amides is 1. The molecule has 0 aliphatic carbocycles. The van der Waals surface area contributed by atoms with Gasteiger partial charge in [0.15, 0.2) is 0 Å². The smallest absolute Gasteiger partial charge is 0.227 e. The Kier molecular flexibility index (Phi) is 5.35. The van der Waals surface area contributed by atoms with E-state index in [9.17, 15) is 4.79 Å².